The zero-order valence-corrected chi connectivity index (χ0v) is 14.4. The summed E-state index contributed by atoms with van der Waals surface area (Å²) in [4.78, 5) is 19.1. The van der Waals surface area contributed by atoms with E-state index in [1.807, 2.05) is 24.4 Å². The van der Waals surface area contributed by atoms with Gasteiger partial charge in [0.25, 0.3) is 0 Å². The van der Waals surface area contributed by atoms with E-state index in [-0.39, 0.29) is 5.78 Å². The molecule has 0 bridgehead atoms. The maximum Gasteiger partial charge on any atom is 0.193 e. The van der Waals surface area contributed by atoms with E-state index in [0.717, 1.165) is 36.8 Å². The van der Waals surface area contributed by atoms with Gasteiger partial charge < -0.3 is 10.7 Å². The lowest BCUT2D eigenvalue weighted by molar-refractivity contribution is 0.103. The normalized spacial score (nSPS) is 16.4. The van der Waals surface area contributed by atoms with Crippen molar-refractivity contribution < 1.29 is 4.79 Å². The Labute approximate surface area is 147 Å². The summed E-state index contributed by atoms with van der Waals surface area (Å²) in [5.74, 6) is 6.67. The number of nitrogens with zero attached hydrogens (tertiary/aromatic N) is 3. The summed E-state index contributed by atoms with van der Waals surface area (Å²) in [5.41, 5.74) is 3.58. The standard InChI is InChI=1S/C20H22N4O/c1-23-10-6-14(7-11-23)18-13-24(21)19-3-2-16(12-17(18)19)20(25)15-4-8-22-9-5-15/h2-5,8-9,12-14H,6-7,10-11,21H2,1H3. The lowest BCUT2D eigenvalue weighted by atomic mass is 9.89. The number of hydrogen-bond acceptors (Lipinski definition) is 4. The van der Waals surface area contributed by atoms with Gasteiger partial charge in [0.05, 0.1) is 5.52 Å². The Morgan fingerprint density at radius 2 is 1.84 bits per heavy atom. The van der Waals surface area contributed by atoms with Gasteiger partial charge in [0.15, 0.2) is 5.78 Å². The van der Waals surface area contributed by atoms with Crippen molar-refractivity contribution >= 4 is 16.7 Å². The van der Waals surface area contributed by atoms with Gasteiger partial charge in [-0.05, 0) is 74.8 Å². The van der Waals surface area contributed by atoms with E-state index in [0.29, 0.717) is 17.0 Å². The lowest BCUT2D eigenvalue weighted by Crippen LogP contribution is -2.29. The molecule has 0 atom stereocenters. The lowest BCUT2D eigenvalue weighted by Gasteiger charge is -2.28. The van der Waals surface area contributed by atoms with Crippen molar-refractivity contribution in [1.29, 1.82) is 0 Å². The summed E-state index contributed by atoms with van der Waals surface area (Å²) in [7, 11) is 2.16. The number of fused-ring (bicyclic) bond motifs is 1. The molecule has 1 aliphatic heterocycles. The fourth-order valence-corrected chi connectivity index (χ4v) is 3.74. The molecular weight excluding hydrogens is 312 g/mol. The van der Waals surface area contributed by atoms with E-state index in [1.54, 1.807) is 29.2 Å². The number of ketones is 1. The number of piperidine rings is 1. The van der Waals surface area contributed by atoms with Gasteiger partial charge in [-0.25, -0.2) is 0 Å². The average Bonchev–Trinajstić information content (AvgIpc) is 2.99. The number of carbonyl (C=O) groups is 1. The van der Waals surface area contributed by atoms with Crippen LogP contribution in [0.15, 0.2) is 48.9 Å². The average molecular weight is 334 g/mol. The molecule has 0 aliphatic carbocycles. The Morgan fingerprint density at radius 3 is 2.56 bits per heavy atom. The van der Waals surface area contributed by atoms with Crippen molar-refractivity contribution in [2.24, 2.45) is 0 Å². The maximum absolute atomic E-state index is 12.8. The number of carbonyl (C=O) groups excluding carboxylic acids is 1. The predicted molar refractivity (Wildman–Crippen MR) is 99.2 cm³/mol. The van der Waals surface area contributed by atoms with Gasteiger partial charge in [0, 0.05) is 35.1 Å². The highest BCUT2D eigenvalue weighted by Crippen LogP contribution is 2.34. The highest BCUT2D eigenvalue weighted by molar-refractivity contribution is 6.10. The first-order valence-electron chi connectivity index (χ1n) is 8.67. The molecule has 0 saturated carbocycles. The van der Waals surface area contributed by atoms with E-state index in [9.17, 15) is 4.79 Å². The largest absolute Gasteiger partial charge is 0.339 e. The topological polar surface area (TPSA) is 64.2 Å². The third-order valence-corrected chi connectivity index (χ3v) is 5.23. The Balaban J connectivity index is 1.74. The molecule has 25 heavy (non-hydrogen) atoms. The maximum atomic E-state index is 12.8. The molecule has 128 valence electrons. The highest BCUT2D eigenvalue weighted by Gasteiger charge is 2.22. The Morgan fingerprint density at radius 1 is 1.12 bits per heavy atom. The van der Waals surface area contributed by atoms with Crippen LogP contribution >= 0.6 is 0 Å². The molecular formula is C20H22N4O. The quantitative estimate of drug-likeness (QED) is 0.591. The van der Waals surface area contributed by atoms with Gasteiger partial charge in [0.2, 0.25) is 0 Å². The van der Waals surface area contributed by atoms with Crippen LogP contribution in [0, 0.1) is 0 Å². The second kappa shape index (κ2) is 6.33. The molecule has 0 unspecified atom stereocenters. The molecule has 5 nitrogen and oxygen atoms in total. The highest BCUT2D eigenvalue weighted by atomic mass is 16.1. The van der Waals surface area contributed by atoms with Crippen LogP contribution in [0.5, 0.6) is 0 Å². The summed E-state index contributed by atoms with van der Waals surface area (Å²) in [6.07, 6.45) is 7.57. The second-order valence-corrected chi connectivity index (χ2v) is 6.87. The molecule has 1 fully saturated rings. The third kappa shape index (κ3) is 2.91. The molecule has 1 aromatic carbocycles. The number of nitrogens with two attached hydrogens (primary N) is 1. The molecule has 0 radical (unpaired) electrons. The van der Waals surface area contributed by atoms with Gasteiger partial charge in [-0.1, -0.05) is 0 Å². The van der Waals surface area contributed by atoms with E-state index >= 15 is 0 Å². The van der Waals surface area contributed by atoms with Crippen molar-refractivity contribution in [1.82, 2.24) is 14.6 Å². The smallest absolute Gasteiger partial charge is 0.193 e. The van der Waals surface area contributed by atoms with E-state index in [4.69, 9.17) is 5.84 Å². The van der Waals surface area contributed by atoms with Crippen LogP contribution in [0.1, 0.15) is 40.2 Å². The number of benzene rings is 1. The number of pyridine rings is 1. The zero-order chi connectivity index (χ0) is 17.4. The second-order valence-electron chi connectivity index (χ2n) is 6.87. The molecule has 1 aliphatic rings. The van der Waals surface area contributed by atoms with E-state index in [1.165, 1.54) is 5.56 Å². The summed E-state index contributed by atoms with van der Waals surface area (Å²) < 4.78 is 1.68. The Bertz CT molecular complexity index is 908. The Kier molecular flexibility index (Phi) is 4.01. The van der Waals surface area contributed by atoms with E-state index < -0.39 is 0 Å². The van der Waals surface area contributed by atoms with Gasteiger partial charge in [-0.15, -0.1) is 0 Å². The monoisotopic (exact) mass is 334 g/mol. The van der Waals surface area contributed by atoms with Gasteiger partial charge in [-0.3, -0.25) is 14.5 Å². The molecule has 0 amide bonds. The SMILES string of the molecule is CN1CCC(c2cn(N)c3ccc(C(=O)c4ccncc4)cc23)CC1. The van der Waals surface area contributed by atoms with Crippen LogP contribution in [0.3, 0.4) is 0 Å². The van der Waals surface area contributed by atoms with Gasteiger partial charge in [0.1, 0.15) is 0 Å². The first-order valence-corrected chi connectivity index (χ1v) is 8.67. The summed E-state index contributed by atoms with van der Waals surface area (Å²) in [6, 6.07) is 9.29. The molecule has 5 heteroatoms. The molecule has 0 spiro atoms. The number of likely N-dealkylation sites (tertiary alicyclic amines) is 1. The summed E-state index contributed by atoms with van der Waals surface area (Å²) in [6.45, 7) is 2.19. The van der Waals surface area contributed by atoms with Crippen LogP contribution in [0.4, 0.5) is 0 Å². The molecule has 1 saturated heterocycles. The number of aromatic nitrogens is 2. The molecule has 2 aromatic heterocycles. The minimum Gasteiger partial charge on any atom is -0.339 e. The van der Waals surface area contributed by atoms with Gasteiger partial charge in [-0.2, -0.15) is 0 Å². The van der Waals surface area contributed by atoms with Crippen LogP contribution in [-0.2, 0) is 0 Å². The zero-order valence-electron chi connectivity index (χ0n) is 14.4. The molecule has 3 heterocycles. The number of nitrogen functional groups attached to an aromatic ring is 1. The fourth-order valence-electron chi connectivity index (χ4n) is 3.74. The van der Waals surface area contributed by atoms with Crippen molar-refractivity contribution in [2.45, 2.75) is 18.8 Å². The van der Waals surface area contributed by atoms with Crippen molar-refractivity contribution in [2.75, 3.05) is 26.0 Å². The minimum absolute atomic E-state index is 0.0170. The molecule has 3 aromatic rings. The van der Waals surface area contributed by atoms with Gasteiger partial charge >= 0.3 is 0 Å². The summed E-state index contributed by atoms with van der Waals surface area (Å²) >= 11 is 0. The first-order chi connectivity index (χ1) is 12.1. The van der Waals surface area contributed by atoms with Crippen molar-refractivity contribution in [3.05, 3.63) is 65.6 Å². The Hall–Kier alpha value is -2.66. The van der Waals surface area contributed by atoms with Crippen molar-refractivity contribution in [3.63, 3.8) is 0 Å². The first kappa shape index (κ1) is 15.8. The molecule has 4 rings (SSSR count). The fraction of sp³-hybridized carbons (Fsp3) is 0.300. The van der Waals surface area contributed by atoms with Crippen LogP contribution < -0.4 is 5.84 Å². The number of hydrogen-bond donors (Lipinski definition) is 1. The molecule has 2 N–H and O–H groups in total. The number of rotatable bonds is 3. The third-order valence-electron chi connectivity index (χ3n) is 5.23. The van der Waals surface area contributed by atoms with Crippen LogP contribution in [0.2, 0.25) is 0 Å². The van der Waals surface area contributed by atoms with Crippen LogP contribution in [0.25, 0.3) is 10.9 Å². The van der Waals surface area contributed by atoms with Crippen LogP contribution in [-0.4, -0.2) is 40.5 Å². The van der Waals surface area contributed by atoms with Crippen molar-refractivity contribution in [3.8, 4) is 0 Å². The minimum atomic E-state index is 0.0170. The summed E-state index contributed by atoms with van der Waals surface area (Å²) in [5, 5.41) is 1.09. The predicted octanol–water partition coefficient (Wildman–Crippen LogP) is 2.79. The van der Waals surface area contributed by atoms with E-state index in [2.05, 4.69) is 16.9 Å².